The fraction of sp³-hybridized carbons (Fsp3) is 0.400. The van der Waals surface area contributed by atoms with E-state index in [1.165, 1.54) is 34.9 Å². The van der Waals surface area contributed by atoms with Gasteiger partial charge in [-0.05, 0) is 11.4 Å². The summed E-state index contributed by atoms with van der Waals surface area (Å²) in [6, 6.07) is 3.00. The van der Waals surface area contributed by atoms with E-state index in [0.29, 0.717) is 5.75 Å². The quantitative estimate of drug-likeness (QED) is 0.771. The number of hydrogen-bond donors (Lipinski definition) is 0. The molecule has 2 atom stereocenters. The van der Waals surface area contributed by atoms with E-state index in [1.807, 2.05) is 17.5 Å². The Morgan fingerprint density at radius 3 is 2.81 bits per heavy atom. The van der Waals surface area contributed by atoms with Gasteiger partial charge in [0, 0.05) is 17.6 Å². The molecule has 6 heteroatoms. The molecular weight excluding hydrogens is 246 g/mol. The summed E-state index contributed by atoms with van der Waals surface area (Å²) >= 11 is 2.99. The average molecular weight is 256 g/mol. The van der Waals surface area contributed by atoms with Crippen molar-refractivity contribution in [3.8, 4) is 0 Å². The van der Waals surface area contributed by atoms with Gasteiger partial charge in [0.1, 0.15) is 5.37 Å². The predicted octanol–water partition coefficient (Wildman–Crippen LogP) is 0.460. The lowest BCUT2D eigenvalue weighted by atomic mass is 10.2. The molecule has 0 N–H and O–H groups in total. The lowest BCUT2D eigenvalue weighted by Crippen LogP contribution is -2.48. The van der Waals surface area contributed by atoms with Crippen molar-refractivity contribution in [1.29, 1.82) is 0 Å². The van der Waals surface area contributed by atoms with Gasteiger partial charge in [0.25, 0.3) is 0 Å². The molecule has 0 radical (unpaired) electrons. The van der Waals surface area contributed by atoms with Crippen molar-refractivity contribution < 1.29 is 14.7 Å². The van der Waals surface area contributed by atoms with Gasteiger partial charge in [-0.2, -0.15) is 0 Å². The Morgan fingerprint density at radius 2 is 2.31 bits per heavy atom. The molecular formula is C10H10NO3S2-. The number of nitrogens with zero attached hydrogens (tertiary/aromatic N) is 1. The number of aliphatic carboxylic acids is 1. The van der Waals surface area contributed by atoms with Gasteiger partial charge in [0.2, 0.25) is 5.91 Å². The molecule has 2 rings (SSSR count). The van der Waals surface area contributed by atoms with Gasteiger partial charge < -0.3 is 14.8 Å². The highest BCUT2D eigenvalue weighted by Crippen LogP contribution is 2.42. The molecule has 86 valence electrons. The molecule has 0 aliphatic carbocycles. The van der Waals surface area contributed by atoms with Crippen LogP contribution in [0.2, 0.25) is 0 Å². The van der Waals surface area contributed by atoms with Crippen molar-refractivity contribution in [2.45, 2.75) is 18.3 Å². The number of thiophene rings is 1. The summed E-state index contributed by atoms with van der Waals surface area (Å²) in [6.07, 6.45) is 0. The average Bonchev–Trinajstić information content (AvgIpc) is 2.85. The highest BCUT2D eigenvalue weighted by Gasteiger charge is 2.37. The maximum absolute atomic E-state index is 11.5. The first-order chi connectivity index (χ1) is 7.61. The summed E-state index contributed by atoms with van der Waals surface area (Å²) in [5.41, 5.74) is 0. The van der Waals surface area contributed by atoms with Crippen LogP contribution in [0.1, 0.15) is 17.2 Å². The van der Waals surface area contributed by atoms with E-state index in [9.17, 15) is 14.7 Å². The zero-order chi connectivity index (χ0) is 11.7. The zero-order valence-electron chi connectivity index (χ0n) is 8.58. The summed E-state index contributed by atoms with van der Waals surface area (Å²) in [6.45, 7) is 1.39. The Kier molecular flexibility index (Phi) is 3.20. The number of rotatable bonds is 2. The van der Waals surface area contributed by atoms with E-state index in [1.54, 1.807) is 0 Å². The largest absolute Gasteiger partial charge is 0.548 e. The number of carbonyl (C=O) groups excluding carboxylic acids is 2. The fourth-order valence-electron chi connectivity index (χ4n) is 1.72. The second kappa shape index (κ2) is 4.47. The van der Waals surface area contributed by atoms with E-state index in [2.05, 4.69) is 0 Å². The van der Waals surface area contributed by atoms with Crippen molar-refractivity contribution in [3.63, 3.8) is 0 Å². The number of amides is 1. The Bertz CT molecular complexity index is 404. The minimum atomic E-state index is -1.18. The molecule has 1 fully saturated rings. The highest BCUT2D eigenvalue weighted by molar-refractivity contribution is 7.99. The van der Waals surface area contributed by atoms with Crippen molar-refractivity contribution in [3.05, 3.63) is 22.4 Å². The third-order valence-corrected chi connectivity index (χ3v) is 4.80. The lowest BCUT2D eigenvalue weighted by molar-refractivity contribution is -0.310. The van der Waals surface area contributed by atoms with Crippen molar-refractivity contribution in [2.75, 3.05) is 5.75 Å². The first kappa shape index (κ1) is 11.5. The van der Waals surface area contributed by atoms with E-state index in [4.69, 9.17) is 0 Å². The number of thioether (sulfide) groups is 1. The molecule has 4 nitrogen and oxygen atoms in total. The smallest absolute Gasteiger partial charge is 0.221 e. The molecule has 1 aromatic heterocycles. The molecule has 0 saturated carbocycles. The van der Waals surface area contributed by atoms with Gasteiger partial charge in [-0.25, -0.2) is 0 Å². The van der Waals surface area contributed by atoms with Gasteiger partial charge >= 0.3 is 0 Å². The molecule has 1 aromatic rings. The summed E-state index contributed by atoms with van der Waals surface area (Å²) in [5.74, 6) is -1.01. The second-order valence-electron chi connectivity index (χ2n) is 3.46. The molecule has 2 heterocycles. The molecule has 0 spiro atoms. The normalized spacial score (nSPS) is 24.7. The summed E-state index contributed by atoms with van der Waals surface area (Å²) in [4.78, 5) is 24.8. The third kappa shape index (κ3) is 1.94. The SMILES string of the molecule is CC(=O)N1[C@@H](c2cccs2)SC[C@H]1C(=O)[O-]. The highest BCUT2D eigenvalue weighted by atomic mass is 32.2. The van der Waals surface area contributed by atoms with E-state index in [0.717, 1.165) is 4.88 Å². The maximum atomic E-state index is 11.5. The monoisotopic (exact) mass is 256 g/mol. The van der Waals surface area contributed by atoms with Crippen LogP contribution in [0.5, 0.6) is 0 Å². The molecule has 1 saturated heterocycles. The van der Waals surface area contributed by atoms with Gasteiger partial charge in [0.05, 0.1) is 12.0 Å². The maximum Gasteiger partial charge on any atom is 0.221 e. The van der Waals surface area contributed by atoms with E-state index < -0.39 is 12.0 Å². The van der Waals surface area contributed by atoms with Gasteiger partial charge in [-0.3, -0.25) is 4.79 Å². The molecule has 1 aliphatic rings. The first-order valence-corrected chi connectivity index (χ1v) is 6.69. The van der Waals surface area contributed by atoms with Crippen LogP contribution in [-0.4, -0.2) is 28.6 Å². The van der Waals surface area contributed by atoms with E-state index >= 15 is 0 Å². The summed E-state index contributed by atoms with van der Waals surface area (Å²) in [5, 5.41) is 12.7. The lowest BCUT2D eigenvalue weighted by Gasteiger charge is -2.28. The zero-order valence-corrected chi connectivity index (χ0v) is 10.2. The van der Waals surface area contributed by atoms with Crippen molar-refractivity contribution >= 4 is 35.0 Å². The molecule has 0 unspecified atom stereocenters. The van der Waals surface area contributed by atoms with Crippen LogP contribution in [-0.2, 0) is 9.59 Å². The fourth-order valence-corrected chi connectivity index (χ4v) is 4.16. The minimum absolute atomic E-state index is 0.180. The van der Waals surface area contributed by atoms with Gasteiger partial charge in [-0.1, -0.05) is 6.07 Å². The number of carboxylic acids is 1. The standard InChI is InChI=1S/C10H11NO3S2/c1-6(12)11-7(10(13)14)5-16-9(11)8-3-2-4-15-8/h2-4,7,9H,5H2,1H3,(H,13,14)/p-1/t7-,9+/m0/s1. The molecule has 0 aromatic carbocycles. The molecule has 1 amide bonds. The first-order valence-electron chi connectivity index (χ1n) is 4.76. The molecule has 0 bridgehead atoms. The topological polar surface area (TPSA) is 60.4 Å². The minimum Gasteiger partial charge on any atom is -0.548 e. The van der Waals surface area contributed by atoms with Crippen LogP contribution >= 0.6 is 23.1 Å². The number of hydrogen-bond acceptors (Lipinski definition) is 5. The number of carboxylic acid groups (broad SMARTS) is 1. The summed E-state index contributed by atoms with van der Waals surface area (Å²) < 4.78 is 0. The van der Waals surface area contributed by atoms with Gasteiger partial charge in [0.15, 0.2) is 0 Å². The number of carbonyl (C=O) groups is 2. The molecule has 1 aliphatic heterocycles. The van der Waals surface area contributed by atoms with Crippen molar-refractivity contribution in [2.24, 2.45) is 0 Å². The van der Waals surface area contributed by atoms with Crippen LogP contribution < -0.4 is 5.11 Å². The summed E-state index contributed by atoms with van der Waals surface area (Å²) in [7, 11) is 0. The van der Waals surface area contributed by atoms with E-state index in [-0.39, 0.29) is 11.3 Å². The van der Waals surface area contributed by atoms with Crippen LogP contribution in [0.3, 0.4) is 0 Å². The Hall–Kier alpha value is -1.01. The van der Waals surface area contributed by atoms with Crippen LogP contribution in [0, 0.1) is 0 Å². The third-order valence-electron chi connectivity index (χ3n) is 2.42. The van der Waals surface area contributed by atoms with Crippen LogP contribution in [0.15, 0.2) is 17.5 Å². The Labute approximate surface area is 101 Å². The predicted molar refractivity (Wildman–Crippen MR) is 60.8 cm³/mol. The molecule has 16 heavy (non-hydrogen) atoms. The Balaban J connectivity index is 2.28. The second-order valence-corrected chi connectivity index (χ2v) is 5.55. The van der Waals surface area contributed by atoms with Crippen molar-refractivity contribution in [1.82, 2.24) is 4.90 Å². The van der Waals surface area contributed by atoms with Crippen LogP contribution in [0.4, 0.5) is 0 Å². The van der Waals surface area contributed by atoms with Gasteiger partial charge in [-0.15, -0.1) is 23.1 Å². The van der Waals surface area contributed by atoms with Crippen LogP contribution in [0.25, 0.3) is 0 Å². The Morgan fingerprint density at radius 1 is 1.56 bits per heavy atom.